The van der Waals surface area contributed by atoms with E-state index in [1.54, 1.807) is 21.3 Å². The Morgan fingerprint density at radius 2 is 1.75 bits per heavy atom. The zero-order chi connectivity index (χ0) is 17.4. The van der Waals surface area contributed by atoms with Gasteiger partial charge in [0.05, 0.1) is 19.8 Å². The van der Waals surface area contributed by atoms with E-state index < -0.39 is 6.04 Å². The van der Waals surface area contributed by atoms with Gasteiger partial charge in [-0.15, -0.1) is 0 Å². The van der Waals surface area contributed by atoms with Gasteiger partial charge in [0.1, 0.15) is 11.5 Å². The van der Waals surface area contributed by atoms with Crippen LogP contribution < -0.4 is 20.1 Å². The van der Waals surface area contributed by atoms with E-state index in [-0.39, 0.29) is 5.91 Å². The van der Waals surface area contributed by atoms with Gasteiger partial charge >= 0.3 is 0 Å². The lowest BCUT2D eigenvalue weighted by Crippen LogP contribution is -2.36. The summed E-state index contributed by atoms with van der Waals surface area (Å²) in [6.45, 7) is 0. The quantitative estimate of drug-likeness (QED) is 0.829. The van der Waals surface area contributed by atoms with Gasteiger partial charge in [0, 0.05) is 12.7 Å². The molecule has 24 heavy (non-hydrogen) atoms. The molecule has 0 radical (unpaired) electrons. The zero-order valence-corrected chi connectivity index (χ0v) is 13.9. The van der Waals surface area contributed by atoms with Crippen molar-refractivity contribution in [1.82, 2.24) is 5.32 Å². The molecule has 0 saturated carbocycles. The monoisotopic (exact) mass is 324 g/mol. The Bertz CT molecular complexity index is 745. The minimum atomic E-state index is -0.687. The van der Waals surface area contributed by atoms with Gasteiger partial charge in [-0.3, -0.25) is 4.79 Å². The van der Waals surface area contributed by atoms with Gasteiger partial charge in [0.15, 0.2) is 6.04 Å². The molecule has 2 aromatic rings. The number of rotatable bonds is 5. The summed E-state index contributed by atoms with van der Waals surface area (Å²) in [5.74, 6) is 7.16. The van der Waals surface area contributed by atoms with Crippen molar-refractivity contribution in [3.05, 3.63) is 54.1 Å². The van der Waals surface area contributed by atoms with Gasteiger partial charge in [0.2, 0.25) is 0 Å². The van der Waals surface area contributed by atoms with Crippen LogP contribution in [0.4, 0.5) is 5.69 Å². The first-order valence-corrected chi connectivity index (χ1v) is 7.44. The number of anilines is 1. The van der Waals surface area contributed by atoms with E-state index in [1.165, 1.54) is 0 Å². The number of benzene rings is 2. The van der Waals surface area contributed by atoms with Crippen LogP contribution in [0.15, 0.2) is 48.5 Å². The van der Waals surface area contributed by atoms with Gasteiger partial charge in [-0.2, -0.15) is 0 Å². The van der Waals surface area contributed by atoms with E-state index >= 15 is 0 Å². The van der Waals surface area contributed by atoms with Gasteiger partial charge < -0.3 is 20.1 Å². The molecule has 2 aromatic carbocycles. The molecule has 0 aliphatic carbocycles. The van der Waals surface area contributed by atoms with Crippen molar-refractivity contribution in [1.29, 1.82) is 0 Å². The Morgan fingerprint density at radius 3 is 2.38 bits per heavy atom. The Morgan fingerprint density at radius 1 is 1.04 bits per heavy atom. The fourth-order valence-corrected chi connectivity index (χ4v) is 2.06. The van der Waals surface area contributed by atoms with Crippen LogP contribution in [0.1, 0.15) is 5.56 Å². The predicted molar refractivity (Wildman–Crippen MR) is 94.3 cm³/mol. The Kier molecular flexibility index (Phi) is 6.09. The largest absolute Gasteiger partial charge is 0.497 e. The second kappa shape index (κ2) is 8.49. The fraction of sp³-hybridized carbons (Fsp3) is 0.211. The second-order valence-corrected chi connectivity index (χ2v) is 4.89. The summed E-state index contributed by atoms with van der Waals surface area (Å²) >= 11 is 0. The third-order valence-electron chi connectivity index (χ3n) is 3.37. The van der Waals surface area contributed by atoms with E-state index in [4.69, 9.17) is 9.47 Å². The van der Waals surface area contributed by atoms with E-state index in [0.717, 1.165) is 17.0 Å². The SMILES string of the molecule is CNC(=O)C(C#Cc1ccccc1OC)Nc1ccc(OC)cc1. The molecule has 124 valence electrons. The number of hydrogen-bond donors (Lipinski definition) is 2. The lowest BCUT2D eigenvalue weighted by atomic mass is 10.1. The molecule has 0 heterocycles. The van der Waals surface area contributed by atoms with Crippen molar-refractivity contribution >= 4 is 11.6 Å². The van der Waals surface area contributed by atoms with Crippen LogP contribution in [-0.4, -0.2) is 33.2 Å². The first-order valence-electron chi connectivity index (χ1n) is 7.44. The maximum absolute atomic E-state index is 12.1. The van der Waals surface area contributed by atoms with Crippen LogP contribution in [0.5, 0.6) is 11.5 Å². The molecule has 0 fully saturated rings. The van der Waals surface area contributed by atoms with Crippen LogP contribution in [0.3, 0.4) is 0 Å². The van der Waals surface area contributed by atoms with E-state index in [9.17, 15) is 4.79 Å². The van der Waals surface area contributed by atoms with Crippen LogP contribution in [0, 0.1) is 11.8 Å². The molecular formula is C19H20N2O3. The minimum Gasteiger partial charge on any atom is -0.497 e. The summed E-state index contributed by atoms with van der Waals surface area (Å²) in [4.78, 5) is 12.1. The summed E-state index contributed by atoms with van der Waals surface area (Å²) in [6, 6.07) is 14.0. The average Bonchev–Trinajstić information content (AvgIpc) is 2.65. The van der Waals surface area contributed by atoms with Crippen molar-refractivity contribution in [2.75, 3.05) is 26.6 Å². The maximum atomic E-state index is 12.1. The van der Waals surface area contributed by atoms with Crippen molar-refractivity contribution in [2.24, 2.45) is 0 Å². The van der Waals surface area contributed by atoms with Gasteiger partial charge in [-0.1, -0.05) is 24.0 Å². The molecule has 0 bridgehead atoms. The van der Waals surface area contributed by atoms with E-state index in [2.05, 4.69) is 22.5 Å². The van der Waals surface area contributed by atoms with Gasteiger partial charge in [0.25, 0.3) is 5.91 Å². The van der Waals surface area contributed by atoms with Gasteiger partial charge in [-0.25, -0.2) is 0 Å². The topological polar surface area (TPSA) is 59.6 Å². The van der Waals surface area contributed by atoms with Crippen LogP contribution in [0.25, 0.3) is 0 Å². The van der Waals surface area contributed by atoms with Crippen LogP contribution in [-0.2, 0) is 4.79 Å². The molecule has 1 amide bonds. The summed E-state index contributed by atoms with van der Waals surface area (Å²) < 4.78 is 10.4. The predicted octanol–water partition coefficient (Wildman–Crippen LogP) is 2.28. The summed E-state index contributed by atoms with van der Waals surface area (Å²) in [5.41, 5.74) is 1.50. The van der Waals surface area contributed by atoms with Crippen molar-refractivity contribution < 1.29 is 14.3 Å². The number of ether oxygens (including phenoxy) is 2. The number of hydrogen-bond acceptors (Lipinski definition) is 4. The maximum Gasteiger partial charge on any atom is 0.254 e. The number of carbonyl (C=O) groups is 1. The summed E-state index contributed by atoms with van der Waals surface area (Å²) in [6.07, 6.45) is 0. The van der Waals surface area contributed by atoms with Crippen LogP contribution in [0.2, 0.25) is 0 Å². The standard InChI is InChI=1S/C19H20N2O3/c1-20-19(22)17(21-15-9-11-16(23-2)12-10-15)13-8-14-6-4-5-7-18(14)24-3/h4-7,9-12,17,21H,1-3H3,(H,20,22). The van der Waals surface area contributed by atoms with Crippen molar-refractivity contribution in [2.45, 2.75) is 6.04 Å². The fourth-order valence-electron chi connectivity index (χ4n) is 2.06. The molecule has 0 aliphatic rings. The number of methoxy groups -OCH3 is 2. The highest BCUT2D eigenvalue weighted by molar-refractivity contribution is 5.88. The summed E-state index contributed by atoms with van der Waals surface area (Å²) in [5, 5.41) is 5.72. The first-order chi connectivity index (χ1) is 11.7. The zero-order valence-electron chi connectivity index (χ0n) is 13.9. The smallest absolute Gasteiger partial charge is 0.254 e. The van der Waals surface area contributed by atoms with Crippen molar-refractivity contribution in [3.63, 3.8) is 0 Å². The van der Waals surface area contributed by atoms with E-state index in [1.807, 2.05) is 48.5 Å². The third-order valence-corrected chi connectivity index (χ3v) is 3.37. The molecule has 2 rings (SSSR count). The average molecular weight is 324 g/mol. The number of carbonyl (C=O) groups excluding carboxylic acids is 1. The second-order valence-electron chi connectivity index (χ2n) is 4.89. The number of para-hydroxylation sites is 1. The molecule has 0 aliphatic heterocycles. The number of likely N-dealkylation sites (N-methyl/N-ethyl adjacent to an activating group) is 1. The lowest BCUT2D eigenvalue weighted by Gasteiger charge is -2.13. The third kappa shape index (κ3) is 4.43. The number of amides is 1. The number of nitrogens with one attached hydrogen (secondary N) is 2. The van der Waals surface area contributed by atoms with Gasteiger partial charge in [-0.05, 0) is 36.4 Å². The normalized spacial score (nSPS) is 10.8. The molecule has 0 saturated heterocycles. The Balaban J connectivity index is 2.23. The molecule has 1 atom stereocenters. The molecule has 0 spiro atoms. The Labute approximate surface area is 142 Å². The Hall–Kier alpha value is -3.13. The molecule has 0 aromatic heterocycles. The highest BCUT2D eigenvalue weighted by Crippen LogP contribution is 2.17. The van der Waals surface area contributed by atoms with Crippen molar-refractivity contribution in [3.8, 4) is 23.3 Å². The minimum absolute atomic E-state index is 0.215. The highest BCUT2D eigenvalue weighted by atomic mass is 16.5. The molecule has 5 nitrogen and oxygen atoms in total. The molecule has 5 heteroatoms. The molecule has 2 N–H and O–H groups in total. The first kappa shape index (κ1) is 17.2. The highest BCUT2D eigenvalue weighted by Gasteiger charge is 2.14. The lowest BCUT2D eigenvalue weighted by molar-refractivity contribution is -0.120. The summed E-state index contributed by atoms with van der Waals surface area (Å²) in [7, 11) is 4.77. The molecular weight excluding hydrogens is 304 g/mol. The van der Waals surface area contributed by atoms with E-state index in [0.29, 0.717) is 5.75 Å². The van der Waals surface area contributed by atoms with Crippen LogP contribution >= 0.6 is 0 Å². The molecule has 1 unspecified atom stereocenters.